The smallest absolute Gasteiger partial charge is 0.314 e. The summed E-state index contributed by atoms with van der Waals surface area (Å²) in [6.45, 7) is 2.71. The highest BCUT2D eigenvalue weighted by Crippen LogP contribution is 2.32. The lowest BCUT2D eigenvalue weighted by Gasteiger charge is -2.35. The molecule has 1 heterocycles. The summed E-state index contributed by atoms with van der Waals surface area (Å²) < 4.78 is 51.3. The van der Waals surface area contributed by atoms with Crippen molar-refractivity contribution in [3.8, 4) is 0 Å². The molecular weight excluding hydrogens is 308 g/mol. The van der Waals surface area contributed by atoms with Crippen LogP contribution >= 0.6 is 12.4 Å². The van der Waals surface area contributed by atoms with Crippen molar-refractivity contribution in [2.24, 2.45) is 0 Å². The van der Waals surface area contributed by atoms with Crippen LogP contribution in [0, 0.1) is 5.82 Å². The molecule has 1 aliphatic rings. The van der Waals surface area contributed by atoms with Gasteiger partial charge in [-0.2, -0.15) is 13.2 Å². The molecule has 0 amide bonds. The Hall–Kier alpha value is -0.850. The van der Waals surface area contributed by atoms with E-state index < -0.39 is 24.5 Å². The second kappa shape index (κ2) is 7.96. The van der Waals surface area contributed by atoms with Gasteiger partial charge in [0, 0.05) is 44.2 Å². The van der Waals surface area contributed by atoms with Crippen molar-refractivity contribution in [2.75, 3.05) is 26.2 Å². The first-order valence-corrected chi connectivity index (χ1v) is 6.73. The summed E-state index contributed by atoms with van der Waals surface area (Å²) in [5, 5.41) is 3.15. The van der Waals surface area contributed by atoms with Gasteiger partial charge in [0.1, 0.15) is 5.82 Å². The summed E-state index contributed by atoms with van der Waals surface area (Å²) in [5.74, 6) is -0.432. The van der Waals surface area contributed by atoms with Crippen LogP contribution in [0.15, 0.2) is 24.3 Å². The molecule has 0 bridgehead atoms. The Morgan fingerprint density at radius 2 is 1.76 bits per heavy atom. The standard InChI is InChI=1S/C14H18F4N2.ClH/c15-12-4-2-1-3-11(12)13(5-6-14(16,17)18)20-9-7-19-8-10-20;/h1-4,13,19H,5-10H2;1H/t13-;/m1./s1. The molecule has 7 heteroatoms. The van der Waals surface area contributed by atoms with Gasteiger partial charge in [0.2, 0.25) is 0 Å². The molecule has 1 aromatic rings. The quantitative estimate of drug-likeness (QED) is 0.851. The van der Waals surface area contributed by atoms with Gasteiger partial charge in [0.15, 0.2) is 0 Å². The largest absolute Gasteiger partial charge is 0.389 e. The van der Waals surface area contributed by atoms with Gasteiger partial charge in [-0.25, -0.2) is 4.39 Å². The Morgan fingerprint density at radius 3 is 2.33 bits per heavy atom. The molecule has 1 fully saturated rings. The van der Waals surface area contributed by atoms with Crippen molar-refractivity contribution < 1.29 is 17.6 Å². The number of piperazine rings is 1. The van der Waals surface area contributed by atoms with Crippen LogP contribution in [0.3, 0.4) is 0 Å². The van der Waals surface area contributed by atoms with Crippen LogP contribution < -0.4 is 5.32 Å². The SMILES string of the molecule is Cl.Fc1ccccc1[C@@H](CCC(F)(F)F)N1CCNCC1. The third kappa shape index (κ3) is 5.45. The van der Waals surface area contributed by atoms with Crippen LogP contribution in [0.4, 0.5) is 17.6 Å². The van der Waals surface area contributed by atoms with Gasteiger partial charge in [-0.3, -0.25) is 4.90 Å². The third-order valence-corrected chi connectivity index (χ3v) is 3.56. The normalized spacial score (nSPS) is 18.1. The van der Waals surface area contributed by atoms with Gasteiger partial charge in [0.05, 0.1) is 0 Å². The Morgan fingerprint density at radius 1 is 1.14 bits per heavy atom. The van der Waals surface area contributed by atoms with Crippen LogP contribution in [-0.2, 0) is 0 Å². The molecule has 0 spiro atoms. The zero-order chi connectivity index (χ0) is 14.6. The van der Waals surface area contributed by atoms with E-state index in [0.29, 0.717) is 18.7 Å². The van der Waals surface area contributed by atoms with Crippen molar-refractivity contribution in [3.63, 3.8) is 0 Å². The minimum absolute atomic E-state index is 0. The van der Waals surface area contributed by atoms with Crippen LogP contribution in [0.25, 0.3) is 0 Å². The molecule has 0 saturated carbocycles. The zero-order valence-corrected chi connectivity index (χ0v) is 12.3. The van der Waals surface area contributed by atoms with Crippen molar-refractivity contribution in [3.05, 3.63) is 35.6 Å². The second-order valence-corrected chi connectivity index (χ2v) is 4.98. The molecule has 1 saturated heterocycles. The van der Waals surface area contributed by atoms with Gasteiger partial charge < -0.3 is 5.32 Å². The molecule has 1 aliphatic heterocycles. The van der Waals surface area contributed by atoms with Crippen LogP contribution in [0.1, 0.15) is 24.4 Å². The minimum Gasteiger partial charge on any atom is -0.314 e. The van der Waals surface area contributed by atoms with E-state index in [9.17, 15) is 17.6 Å². The lowest BCUT2D eigenvalue weighted by atomic mass is 9.99. The molecule has 21 heavy (non-hydrogen) atoms. The summed E-state index contributed by atoms with van der Waals surface area (Å²) in [4.78, 5) is 1.93. The summed E-state index contributed by atoms with van der Waals surface area (Å²) in [5.41, 5.74) is 0.360. The molecule has 0 unspecified atom stereocenters. The first-order valence-electron chi connectivity index (χ1n) is 6.73. The van der Waals surface area contributed by atoms with Crippen molar-refractivity contribution >= 4 is 12.4 Å². The molecule has 0 radical (unpaired) electrons. The summed E-state index contributed by atoms with van der Waals surface area (Å²) in [7, 11) is 0. The van der Waals surface area contributed by atoms with Crippen LogP contribution in [0.2, 0.25) is 0 Å². The lowest BCUT2D eigenvalue weighted by Crippen LogP contribution is -2.45. The second-order valence-electron chi connectivity index (χ2n) is 4.98. The number of rotatable bonds is 4. The van der Waals surface area contributed by atoms with E-state index in [1.165, 1.54) is 6.07 Å². The lowest BCUT2D eigenvalue weighted by molar-refractivity contribution is -0.138. The molecule has 1 aromatic carbocycles. The van der Waals surface area contributed by atoms with Crippen LogP contribution in [0.5, 0.6) is 0 Å². The van der Waals surface area contributed by atoms with Gasteiger partial charge in [-0.15, -0.1) is 12.4 Å². The summed E-state index contributed by atoms with van der Waals surface area (Å²) in [6, 6.07) is 5.59. The topological polar surface area (TPSA) is 15.3 Å². The highest BCUT2D eigenvalue weighted by atomic mass is 35.5. The number of halogens is 5. The van der Waals surface area contributed by atoms with Gasteiger partial charge >= 0.3 is 6.18 Å². The molecule has 0 aliphatic carbocycles. The van der Waals surface area contributed by atoms with E-state index in [0.717, 1.165) is 13.1 Å². The van der Waals surface area contributed by atoms with E-state index in [4.69, 9.17) is 0 Å². The van der Waals surface area contributed by atoms with Crippen LogP contribution in [-0.4, -0.2) is 37.3 Å². The molecule has 1 atom stereocenters. The first-order chi connectivity index (χ1) is 9.47. The maximum atomic E-state index is 13.9. The number of benzene rings is 1. The third-order valence-electron chi connectivity index (χ3n) is 3.56. The highest BCUT2D eigenvalue weighted by molar-refractivity contribution is 5.85. The Balaban J connectivity index is 0.00000220. The Labute approximate surface area is 127 Å². The van der Waals surface area contributed by atoms with E-state index in [-0.39, 0.29) is 18.8 Å². The molecule has 2 nitrogen and oxygen atoms in total. The first kappa shape index (κ1) is 18.2. The van der Waals surface area contributed by atoms with E-state index in [2.05, 4.69) is 5.32 Å². The Bertz CT molecular complexity index is 433. The predicted octanol–water partition coefficient (Wildman–Crippen LogP) is 3.54. The molecular formula is C14H19ClF4N2. The van der Waals surface area contributed by atoms with Crippen molar-refractivity contribution in [2.45, 2.75) is 25.1 Å². The fraction of sp³-hybridized carbons (Fsp3) is 0.571. The van der Waals surface area contributed by atoms with E-state index in [1.807, 2.05) is 4.90 Å². The zero-order valence-electron chi connectivity index (χ0n) is 11.5. The fourth-order valence-electron chi connectivity index (χ4n) is 2.57. The van der Waals surface area contributed by atoms with Gasteiger partial charge in [0.25, 0.3) is 0 Å². The molecule has 120 valence electrons. The van der Waals surface area contributed by atoms with Crippen molar-refractivity contribution in [1.29, 1.82) is 0 Å². The molecule has 2 rings (SSSR count). The highest BCUT2D eigenvalue weighted by Gasteiger charge is 2.32. The minimum atomic E-state index is -4.21. The van der Waals surface area contributed by atoms with E-state index >= 15 is 0 Å². The maximum absolute atomic E-state index is 13.9. The average molecular weight is 327 g/mol. The van der Waals surface area contributed by atoms with E-state index in [1.54, 1.807) is 18.2 Å². The van der Waals surface area contributed by atoms with Gasteiger partial charge in [-0.05, 0) is 12.5 Å². The van der Waals surface area contributed by atoms with Crippen molar-refractivity contribution in [1.82, 2.24) is 10.2 Å². The summed E-state index contributed by atoms with van der Waals surface area (Å²) in [6.07, 6.45) is -5.21. The Kier molecular flexibility index (Phi) is 6.90. The predicted molar refractivity (Wildman–Crippen MR) is 76.1 cm³/mol. The molecule has 1 N–H and O–H groups in total. The van der Waals surface area contributed by atoms with Gasteiger partial charge in [-0.1, -0.05) is 18.2 Å². The number of hydrogen-bond acceptors (Lipinski definition) is 2. The maximum Gasteiger partial charge on any atom is 0.389 e. The number of alkyl halides is 3. The number of nitrogens with one attached hydrogen (secondary N) is 1. The average Bonchev–Trinajstić information content (AvgIpc) is 2.41. The fourth-order valence-corrected chi connectivity index (χ4v) is 2.57. The summed E-state index contributed by atoms with van der Waals surface area (Å²) >= 11 is 0. The molecule has 0 aromatic heterocycles. The number of hydrogen-bond donors (Lipinski definition) is 1. The number of nitrogens with zero attached hydrogens (tertiary/aromatic N) is 1. The monoisotopic (exact) mass is 326 g/mol.